The Balaban J connectivity index is 2.36. The van der Waals surface area contributed by atoms with E-state index < -0.39 is 0 Å². The molecule has 1 unspecified atom stereocenters. The number of benzene rings is 1. The Morgan fingerprint density at radius 3 is 2.89 bits per heavy atom. The maximum Gasteiger partial charge on any atom is 0.123 e. The number of hydrogen-bond acceptors (Lipinski definition) is 2. The average Bonchev–Trinajstić information content (AvgIpc) is 2.79. The van der Waals surface area contributed by atoms with Gasteiger partial charge in [0.15, 0.2) is 0 Å². The molecule has 0 saturated heterocycles. The maximum absolute atomic E-state index is 13.3. The molecule has 2 rings (SSSR count). The Hall–Kier alpha value is -1.68. The molecule has 1 atom stereocenters. The minimum absolute atomic E-state index is 0.0326. The molecule has 0 saturated carbocycles. The molecule has 2 aromatic rings. The van der Waals surface area contributed by atoms with Gasteiger partial charge >= 0.3 is 0 Å². The first-order valence-electron chi connectivity index (χ1n) is 6.20. The van der Waals surface area contributed by atoms with Crippen LogP contribution >= 0.6 is 0 Å². The van der Waals surface area contributed by atoms with E-state index >= 15 is 0 Å². The predicted molar refractivity (Wildman–Crippen MR) is 69.8 cm³/mol. The third-order valence-electron chi connectivity index (χ3n) is 2.95. The van der Waals surface area contributed by atoms with Crippen molar-refractivity contribution >= 4 is 0 Å². The van der Waals surface area contributed by atoms with E-state index in [1.54, 1.807) is 18.3 Å². The van der Waals surface area contributed by atoms with Gasteiger partial charge in [-0.3, -0.25) is 4.68 Å². The molecule has 1 heterocycles. The van der Waals surface area contributed by atoms with E-state index in [1.807, 2.05) is 23.9 Å². The fraction of sp³-hybridized carbons (Fsp3) is 0.357. The van der Waals surface area contributed by atoms with E-state index in [-0.39, 0.29) is 11.9 Å². The van der Waals surface area contributed by atoms with Crippen LogP contribution in [0, 0.1) is 5.82 Å². The number of halogens is 1. The Morgan fingerprint density at radius 2 is 2.22 bits per heavy atom. The smallest absolute Gasteiger partial charge is 0.123 e. The van der Waals surface area contributed by atoms with Crippen LogP contribution in [0.3, 0.4) is 0 Å². The van der Waals surface area contributed by atoms with Crippen LogP contribution in [0.1, 0.15) is 30.6 Å². The number of nitrogens with zero attached hydrogens (tertiary/aromatic N) is 2. The summed E-state index contributed by atoms with van der Waals surface area (Å²) < 4.78 is 15.3. The lowest BCUT2D eigenvalue weighted by Gasteiger charge is -2.18. The molecular weight excluding hydrogens is 229 g/mol. The summed E-state index contributed by atoms with van der Waals surface area (Å²) in [7, 11) is 1.87. The monoisotopic (exact) mass is 247 g/mol. The molecule has 1 aromatic heterocycles. The Kier molecular flexibility index (Phi) is 4.10. The van der Waals surface area contributed by atoms with Gasteiger partial charge in [-0.15, -0.1) is 0 Å². The van der Waals surface area contributed by atoms with Crippen LogP contribution in [0.25, 0.3) is 0 Å². The van der Waals surface area contributed by atoms with Crippen molar-refractivity contribution in [1.82, 2.24) is 15.1 Å². The van der Waals surface area contributed by atoms with E-state index in [2.05, 4.69) is 17.3 Å². The first-order chi connectivity index (χ1) is 8.76. The summed E-state index contributed by atoms with van der Waals surface area (Å²) >= 11 is 0. The highest BCUT2D eigenvalue weighted by Gasteiger charge is 2.16. The summed E-state index contributed by atoms with van der Waals surface area (Å²) in [5.74, 6) is -0.214. The van der Waals surface area contributed by atoms with Gasteiger partial charge in [-0.05, 0) is 37.2 Å². The summed E-state index contributed by atoms with van der Waals surface area (Å²) in [6, 6.07) is 8.61. The summed E-state index contributed by atoms with van der Waals surface area (Å²) in [4.78, 5) is 0. The molecule has 0 spiro atoms. The highest BCUT2D eigenvalue weighted by atomic mass is 19.1. The topological polar surface area (TPSA) is 29.9 Å². The van der Waals surface area contributed by atoms with Gasteiger partial charge in [-0.2, -0.15) is 5.10 Å². The van der Waals surface area contributed by atoms with Crippen LogP contribution in [0.2, 0.25) is 0 Å². The highest BCUT2D eigenvalue weighted by molar-refractivity contribution is 5.28. The fourth-order valence-corrected chi connectivity index (χ4v) is 2.16. The van der Waals surface area contributed by atoms with Crippen molar-refractivity contribution in [3.8, 4) is 0 Å². The van der Waals surface area contributed by atoms with E-state index in [0.29, 0.717) is 0 Å². The number of hydrogen-bond donors (Lipinski definition) is 1. The minimum Gasteiger partial charge on any atom is -0.308 e. The van der Waals surface area contributed by atoms with Crippen molar-refractivity contribution in [3.05, 3.63) is 53.6 Å². The summed E-state index contributed by atoms with van der Waals surface area (Å²) in [6.07, 6.45) is 2.81. The quantitative estimate of drug-likeness (QED) is 0.880. The summed E-state index contributed by atoms with van der Waals surface area (Å²) in [5.41, 5.74) is 1.97. The van der Waals surface area contributed by atoms with Crippen molar-refractivity contribution in [3.63, 3.8) is 0 Å². The van der Waals surface area contributed by atoms with Crippen molar-refractivity contribution in [1.29, 1.82) is 0 Å². The zero-order valence-corrected chi connectivity index (χ0v) is 10.7. The van der Waals surface area contributed by atoms with Gasteiger partial charge in [0.1, 0.15) is 5.82 Å². The molecule has 0 bridgehead atoms. The zero-order chi connectivity index (χ0) is 13.0. The SMILES string of the molecule is CCCn1nccc1C(NC)c1cccc(F)c1. The van der Waals surface area contributed by atoms with Gasteiger partial charge in [0.05, 0.1) is 11.7 Å². The standard InChI is InChI=1S/C14H18FN3/c1-3-9-18-13(7-8-17-18)14(16-2)11-5-4-6-12(15)10-11/h4-8,10,14,16H,3,9H2,1-2H3. The molecule has 4 heteroatoms. The van der Waals surface area contributed by atoms with Gasteiger partial charge in [-0.1, -0.05) is 19.1 Å². The highest BCUT2D eigenvalue weighted by Crippen LogP contribution is 2.22. The summed E-state index contributed by atoms with van der Waals surface area (Å²) in [6.45, 7) is 2.98. The van der Waals surface area contributed by atoms with Crippen LogP contribution in [0.5, 0.6) is 0 Å². The molecule has 96 valence electrons. The van der Waals surface area contributed by atoms with Crippen molar-refractivity contribution in [2.75, 3.05) is 7.05 Å². The van der Waals surface area contributed by atoms with Crippen LogP contribution in [0.15, 0.2) is 36.5 Å². The van der Waals surface area contributed by atoms with Gasteiger partial charge in [-0.25, -0.2) is 4.39 Å². The van der Waals surface area contributed by atoms with Gasteiger partial charge in [0, 0.05) is 12.7 Å². The van der Waals surface area contributed by atoms with E-state index in [4.69, 9.17) is 0 Å². The lowest BCUT2D eigenvalue weighted by molar-refractivity contribution is 0.532. The van der Waals surface area contributed by atoms with E-state index in [0.717, 1.165) is 24.2 Å². The van der Waals surface area contributed by atoms with Crippen molar-refractivity contribution < 1.29 is 4.39 Å². The number of rotatable bonds is 5. The molecular formula is C14H18FN3. The van der Waals surface area contributed by atoms with E-state index in [1.165, 1.54) is 6.07 Å². The van der Waals surface area contributed by atoms with E-state index in [9.17, 15) is 4.39 Å². The molecule has 0 amide bonds. The first-order valence-corrected chi connectivity index (χ1v) is 6.20. The third-order valence-corrected chi connectivity index (χ3v) is 2.95. The van der Waals surface area contributed by atoms with Gasteiger partial charge in [0.2, 0.25) is 0 Å². The Bertz CT molecular complexity index is 507. The molecule has 0 aliphatic heterocycles. The number of aryl methyl sites for hydroxylation is 1. The average molecular weight is 247 g/mol. The molecule has 0 radical (unpaired) electrons. The second-order valence-electron chi connectivity index (χ2n) is 4.26. The summed E-state index contributed by atoms with van der Waals surface area (Å²) in [5, 5.41) is 7.52. The van der Waals surface area contributed by atoms with Crippen molar-refractivity contribution in [2.45, 2.75) is 25.9 Å². The lowest BCUT2D eigenvalue weighted by atomic mass is 10.0. The molecule has 3 nitrogen and oxygen atoms in total. The third kappa shape index (κ3) is 2.59. The van der Waals surface area contributed by atoms with Gasteiger partial charge in [0.25, 0.3) is 0 Å². The fourth-order valence-electron chi connectivity index (χ4n) is 2.16. The molecule has 18 heavy (non-hydrogen) atoms. The van der Waals surface area contributed by atoms with Crippen molar-refractivity contribution in [2.24, 2.45) is 0 Å². The van der Waals surface area contributed by atoms with Crippen LogP contribution < -0.4 is 5.32 Å². The molecule has 0 aliphatic rings. The Morgan fingerprint density at radius 1 is 1.39 bits per heavy atom. The zero-order valence-electron chi connectivity index (χ0n) is 10.7. The van der Waals surface area contributed by atoms with Gasteiger partial charge < -0.3 is 5.32 Å². The normalized spacial score (nSPS) is 12.6. The maximum atomic E-state index is 13.3. The first kappa shape index (κ1) is 12.8. The molecule has 1 N–H and O–H groups in total. The number of aromatic nitrogens is 2. The lowest BCUT2D eigenvalue weighted by Crippen LogP contribution is -2.21. The minimum atomic E-state index is -0.214. The second kappa shape index (κ2) is 5.78. The Labute approximate surface area is 107 Å². The molecule has 0 aliphatic carbocycles. The van der Waals surface area contributed by atoms with Crippen LogP contribution in [-0.4, -0.2) is 16.8 Å². The number of nitrogens with one attached hydrogen (secondary N) is 1. The largest absolute Gasteiger partial charge is 0.308 e. The molecule has 1 aromatic carbocycles. The molecule has 0 fully saturated rings. The van der Waals surface area contributed by atoms with Crippen LogP contribution in [0.4, 0.5) is 4.39 Å². The predicted octanol–water partition coefficient (Wildman–Crippen LogP) is 2.74. The van der Waals surface area contributed by atoms with Crippen LogP contribution in [-0.2, 0) is 6.54 Å². The second-order valence-corrected chi connectivity index (χ2v) is 4.26.